The Labute approximate surface area is 161 Å². The van der Waals surface area contributed by atoms with Gasteiger partial charge in [-0.3, -0.25) is 9.59 Å². The van der Waals surface area contributed by atoms with Gasteiger partial charge in [-0.05, 0) is 56.6 Å². The van der Waals surface area contributed by atoms with Crippen LogP contribution in [-0.4, -0.2) is 28.5 Å². The predicted octanol–water partition coefficient (Wildman–Crippen LogP) is 3.83. The average molecular weight is 380 g/mol. The van der Waals surface area contributed by atoms with Crippen molar-refractivity contribution in [2.75, 3.05) is 0 Å². The van der Waals surface area contributed by atoms with Gasteiger partial charge in [-0.1, -0.05) is 17.2 Å². The van der Waals surface area contributed by atoms with E-state index in [1.807, 2.05) is 0 Å². The van der Waals surface area contributed by atoms with Crippen LogP contribution in [0.3, 0.4) is 0 Å². The first-order valence-corrected chi connectivity index (χ1v) is 8.71. The third-order valence-electron chi connectivity index (χ3n) is 4.71. The summed E-state index contributed by atoms with van der Waals surface area (Å²) in [6.07, 6.45) is -1.05. The summed E-state index contributed by atoms with van der Waals surface area (Å²) < 4.78 is 5.87. The maximum atomic E-state index is 12.8. The van der Waals surface area contributed by atoms with E-state index in [1.54, 1.807) is 50.2 Å². The zero-order valence-electron chi connectivity index (χ0n) is 15.7. The van der Waals surface area contributed by atoms with E-state index in [0.717, 1.165) is 0 Å². The minimum atomic E-state index is -1.05. The van der Waals surface area contributed by atoms with E-state index >= 15 is 0 Å². The lowest BCUT2D eigenvalue weighted by Gasteiger charge is -2.42. The Balaban J connectivity index is 1.99. The number of benzene rings is 2. The largest absolute Gasteiger partial charge is 0.485 e. The molecule has 2 aromatic carbocycles. The van der Waals surface area contributed by atoms with Crippen LogP contribution in [0, 0.1) is 0 Å². The lowest BCUT2D eigenvalue weighted by Crippen LogP contribution is -2.53. The number of carbonyl (C=O) groups excluding carboxylic acids is 2. The summed E-state index contributed by atoms with van der Waals surface area (Å²) in [6.45, 7) is 4.89. The molecule has 2 aromatic rings. The normalized spacial score (nSPS) is 19.6. The van der Waals surface area contributed by atoms with Crippen molar-refractivity contribution in [2.24, 2.45) is 5.11 Å². The zero-order valence-corrected chi connectivity index (χ0v) is 15.7. The highest BCUT2D eigenvalue weighted by molar-refractivity contribution is 5.96. The molecule has 0 fully saturated rings. The van der Waals surface area contributed by atoms with E-state index in [0.29, 0.717) is 22.6 Å². The van der Waals surface area contributed by atoms with Crippen LogP contribution < -0.4 is 10.1 Å². The molecule has 0 aliphatic carbocycles. The number of amides is 1. The summed E-state index contributed by atoms with van der Waals surface area (Å²) in [5.41, 5.74) is 9.19. The monoisotopic (exact) mass is 380 g/mol. The van der Waals surface area contributed by atoms with Crippen LogP contribution in [0.4, 0.5) is 5.69 Å². The molecule has 0 saturated heterocycles. The van der Waals surface area contributed by atoms with Crippen LogP contribution in [0.15, 0.2) is 47.6 Å². The van der Waals surface area contributed by atoms with Gasteiger partial charge in [-0.2, -0.15) is 0 Å². The number of hydrogen-bond donors (Lipinski definition) is 2. The lowest BCUT2D eigenvalue weighted by atomic mass is 9.85. The number of azide groups is 1. The molecule has 2 atom stereocenters. The summed E-state index contributed by atoms with van der Waals surface area (Å²) in [5.74, 6) is -0.0846. The van der Waals surface area contributed by atoms with Crippen molar-refractivity contribution < 1.29 is 19.4 Å². The molecule has 0 radical (unpaired) electrons. The summed E-state index contributed by atoms with van der Waals surface area (Å²) in [4.78, 5) is 27.3. The SMILES string of the molecule is CC(=O)c1ccc2c(c1)[C@H](NC(=O)c1cccc(N=[N+]=[N-])c1)[C@@H](O)C(C)(C)O2. The van der Waals surface area contributed by atoms with Crippen molar-refractivity contribution in [3.8, 4) is 5.75 Å². The number of nitrogens with one attached hydrogen (secondary N) is 1. The standard InChI is InChI=1S/C20H20N4O4/c1-11(25)12-7-8-16-15(10-12)17(18(26)20(2,3)28-16)22-19(27)13-5-4-6-14(9-13)23-24-21/h4-10,17-18,26H,1-3H3,(H,22,27)/t17-,18+/m0/s1. The second-order valence-electron chi connectivity index (χ2n) is 7.15. The molecular formula is C20H20N4O4. The molecule has 0 aromatic heterocycles. The molecule has 1 amide bonds. The minimum absolute atomic E-state index is 0.130. The smallest absolute Gasteiger partial charge is 0.251 e. The van der Waals surface area contributed by atoms with Gasteiger partial charge in [0, 0.05) is 27.3 Å². The predicted molar refractivity (Wildman–Crippen MR) is 103 cm³/mol. The fourth-order valence-corrected chi connectivity index (χ4v) is 3.16. The molecule has 0 saturated carbocycles. The van der Waals surface area contributed by atoms with Crippen molar-refractivity contribution in [1.82, 2.24) is 5.32 Å². The highest BCUT2D eigenvalue weighted by Crippen LogP contribution is 2.40. The molecule has 1 aliphatic heterocycles. The fraction of sp³-hybridized carbons (Fsp3) is 0.300. The van der Waals surface area contributed by atoms with Crippen molar-refractivity contribution in [2.45, 2.75) is 38.5 Å². The molecule has 3 rings (SSSR count). The van der Waals surface area contributed by atoms with Crippen LogP contribution in [-0.2, 0) is 0 Å². The first-order valence-electron chi connectivity index (χ1n) is 8.71. The molecule has 1 aliphatic rings. The molecule has 28 heavy (non-hydrogen) atoms. The first-order chi connectivity index (χ1) is 13.2. The Hall–Kier alpha value is -3.35. The summed E-state index contributed by atoms with van der Waals surface area (Å²) >= 11 is 0. The second kappa shape index (κ2) is 7.34. The van der Waals surface area contributed by atoms with Crippen LogP contribution >= 0.6 is 0 Å². The maximum absolute atomic E-state index is 12.8. The number of hydrogen-bond acceptors (Lipinski definition) is 5. The van der Waals surface area contributed by atoms with Gasteiger partial charge in [0.25, 0.3) is 5.91 Å². The Morgan fingerprint density at radius 1 is 1.21 bits per heavy atom. The molecule has 8 heteroatoms. The van der Waals surface area contributed by atoms with Crippen molar-refractivity contribution in [3.05, 3.63) is 69.6 Å². The maximum Gasteiger partial charge on any atom is 0.251 e. The van der Waals surface area contributed by atoms with Crippen LogP contribution in [0.1, 0.15) is 53.1 Å². The molecule has 8 nitrogen and oxygen atoms in total. The number of nitrogens with zero attached hydrogens (tertiary/aromatic N) is 3. The number of ketones is 1. The van der Waals surface area contributed by atoms with Crippen LogP contribution in [0.5, 0.6) is 5.75 Å². The van der Waals surface area contributed by atoms with Crippen molar-refractivity contribution in [3.63, 3.8) is 0 Å². The Bertz CT molecular complexity index is 995. The van der Waals surface area contributed by atoms with Crippen molar-refractivity contribution >= 4 is 17.4 Å². The first kappa shape index (κ1) is 19.4. The molecule has 144 valence electrons. The Morgan fingerprint density at radius 2 is 1.96 bits per heavy atom. The van der Waals surface area contributed by atoms with Gasteiger partial charge in [-0.25, -0.2) is 0 Å². The van der Waals surface area contributed by atoms with Gasteiger partial charge in [-0.15, -0.1) is 0 Å². The summed E-state index contributed by atoms with van der Waals surface area (Å²) in [6, 6.07) is 10.4. The average Bonchev–Trinajstić information content (AvgIpc) is 2.65. The van der Waals surface area contributed by atoms with E-state index in [4.69, 9.17) is 10.3 Å². The highest BCUT2D eigenvalue weighted by Gasteiger charge is 2.43. The third-order valence-corrected chi connectivity index (χ3v) is 4.71. The van der Waals surface area contributed by atoms with Gasteiger partial charge in [0.1, 0.15) is 17.5 Å². The van der Waals surface area contributed by atoms with Crippen LogP contribution in [0.2, 0.25) is 0 Å². The fourth-order valence-electron chi connectivity index (χ4n) is 3.16. The number of ether oxygens (including phenoxy) is 1. The van der Waals surface area contributed by atoms with Gasteiger partial charge in [0.05, 0.1) is 6.04 Å². The highest BCUT2D eigenvalue weighted by atomic mass is 16.5. The summed E-state index contributed by atoms with van der Waals surface area (Å²) in [7, 11) is 0. The second-order valence-corrected chi connectivity index (χ2v) is 7.15. The number of Topliss-reactive ketones (excluding diaryl/α,β-unsaturated/α-hetero) is 1. The molecule has 0 spiro atoms. The molecule has 1 heterocycles. The van der Waals surface area contributed by atoms with E-state index in [-0.39, 0.29) is 11.3 Å². The van der Waals surface area contributed by atoms with E-state index in [2.05, 4.69) is 15.3 Å². The van der Waals surface area contributed by atoms with Crippen molar-refractivity contribution in [1.29, 1.82) is 0 Å². The quantitative estimate of drug-likeness (QED) is 0.362. The molecular weight excluding hydrogens is 360 g/mol. The summed E-state index contributed by atoms with van der Waals surface area (Å²) in [5, 5.41) is 17.1. The van der Waals surface area contributed by atoms with Gasteiger partial charge < -0.3 is 15.2 Å². The van der Waals surface area contributed by atoms with E-state index in [9.17, 15) is 14.7 Å². The minimum Gasteiger partial charge on any atom is -0.485 e. The number of fused-ring (bicyclic) bond motifs is 1. The van der Waals surface area contributed by atoms with Gasteiger partial charge in [0.2, 0.25) is 0 Å². The van der Waals surface area contributed by atoms with E-state index < -0.39 is 23.7 Å². The lowest BCUT2D eigenvalue weighted by molar-refractivity contribution is -0.0627. The number of aliphatic hydroxyl groups is 1. The number of rotatable bonds is 4. The van der Waals surface area contributed by atoms with Gasteiger partial charge in [0.15, 0.2) is 5.78 Å². The zero-order chi connectivity index (χ0) is 20.5. The Kier molecular flexibility index (Phi) is 5.09. The molecule has 0 bridgehead atoms. The third kappa shape index (κ3) is 3.69. The Morgan fingerprint density at radius 3 is 2.64 bits per heavy atom. The number of carbonyl (C=O) groups is 2. The number of aliphatic hydroxyl groups excluding tert-OH is 1. The van der Waals surface area contributed by atoms with Crippen LogP contribution in [0.25, 0.3) is 10.4 Å². The van der Waals surface area contributed by atoms with Gasteiger partial charge >= 0.3 is 0 Å². The molecule has 2 N–H and O–H groups in total. The van der Waals surface area contributed by atoms with E-state index in [1.165, 1.54) is 13.0 Å². The molecule has 0 unspecified atom stereocenters. The topological polar surface area (TPSA) is 124 Å².